The van der Waals surface area contributed by atoms with E-state index in [1.165, 1.54) is 0 Å². The number of hydrogen-bond donors (Lipinski definition) is 2. The van der Waals surface area contributed by atoms with Crippen molar-refractivity contribution in [3.05, 3.63) is 27.2 Å². The Morgan fingerprint density at radius 2 is 1.40 bits per heavy atom. The first-order valence-electron chi connectivity index (χ1n) is 6.24. The van der Waals surface area contributed by atoms with Crippen molar-refractivity contribution in [2.45, 2.75) is 52.4 Å². The van der Waals surface area contributed by atoms with E-state index in [0.717, 1.165) is 11.1 Å². The molecule has 0 aliphatic heterocycles. The molecular weight excluding hydrogens is 318 g/mol. The lowest BCUT2D eigenvalue weighted by Crippen LogP contribution is -2.19. The average Bonchev–Trinajstić information content (AvgIpc) is 2.09. The highest BCUT2D eigenvalue weighted by molar-refractivity contribution is 7.39. The van der Waals surface area contributed by atoms with Crippen LogP contribution in [0.5, 0.6) is 5.75 Å². The Balaban J connectivity index is 3.67. The highest BCUT2D eigenvalue weighted by atomic mass is 35.5. The van der Waals surface area contributed by atoms with Crippen molar-refractivity contribution in [2.75, 3.05) is 0 Å². The molecule has 0 aliphatic rings. The molecule has 1 rings (SSSR count). The Labute approximate surface area is 131 Å². The van der Waals surface area contributed by atoms with Crippen LogP contribution in [0.15, 0.2) is 6.07 Å². The summed E-state index contributed by atoms with van der Waals surface area (Å²) in [7, 11) is -2.52. The van der Waals surface area contributed by atoms with Crippen LogP contribution in [0, 0.1) is 0 Å². The molecule has 1 aromatic rings. The van der Waals surface area contributed by atoms with Gasteiger partial charge in [0, 0.05) is 10.6 Å². The zero-order chi connectivity index (χ0) is 15.9. The average molecular weight is 339 g/mol. The summed E-state index contributed by atoms with van der Waals surface area (Å²) in [6, 6.07) is 1.61. The molecule has 0 aliphatic carbocycles. The van der Waals surface area contributed by atoms with Crippen molar-refractivity contribution in [1.82, 2.24) is 0 Å². The lowest BCUT2D eigenvalue weighted by molar-refractivity contribution is 0.369. The summed E-state index contributed by atoms with van der Waals surface area (Å²) in [5.74, 6) is 0.316. The molecule has 0 spiro atoms. The van der Waals surface area contributed by atoms with Gasteiger partial charge >= 0.3 is 8.60 Å². The van der Waals surface area contributed by atoms with E-state index in [-0.39, 0.29) is 10.8 Å². The predicted molar refractivity (Wildman–Crippen MR) is 85.8 cm³/mol. The summed E-state index contributed by atoms with van der Waals surface area (Å²) in [6.07, 6.45) is 0. The molecule has 0 saturated carbocycles. The van der Waals surface area contributed by atoms with E-state index in [0.29, 0.717) is 15.8 Å². The monoisotopic (exact) mass is 338 g/mol. The van der Waals surface area contributed by atoms with E-state index in [9.17, 15) is 0 Å². The van der Waals surface area contributed by atoms with Crippen molar-refractivity contribution in [3.63, 3.8) is 0 Å². The van der Waals surface area contributed by atoms with Crippen LogP contribution >= 0.6 is 31.8 Å². The number of halogens is 2. The van der Waals surface area contributed by atoms with Gasteiger partial charge in [0.05, 0.1) is 5.02 Å². The second-order valence-electron chi connectivity index (χ2n) is 6.76. The van der Waals surface area contributed by atoms with Crippen LogP contribution in [-0.4, -0.2) is 9.79 Å². The third-order valence-corrected chi connectivity index (χ3v) is 3.90. The van der Waals surface area contributed by atoms with Gasteiger partial charge in [-0.05, 0) is 22.5 Å². The van der Waals surface area contributed by atoms with Crippen molar-refractivity contribution in [1.29, 1.82) is 0 Å². The van der Waals surface area contributed by atoms with Crippen LogP contribution in [0.4, 0.5) is 0 Å². The Hall–Kier alpha value is -0.0500. The fourth-order valence-corrected chi connectivity index (χ4v) is 3.75. The third kappa shape index (κ3) is 3.99. The topological polar surface area (TPSA) is 49.7 Å². The lowest BCUT2D eigenvalue weighted by atomic mass is 9.80. The van der Waals surface area contributed by atoms with Crippen molar-refractivity contribution in [2.24, 2.45) is 0 Å². The second kappa shape index (κ2) is 5.98. The summed E-state index contributed by atoms with van der Waals surface area (Å²) in [5.41, 5.74) is 1.01. The van der Waals surface area contributed by atoms with Gasteiger partial charge in [-0.3, -0.25) is 0 Å². The molecule has 114 valence electrons. The lowest BCUT2D eigenvalue weighted by Gasteiger charge is -2.30. The summed E-state index contributed by atoms with van der Waals surface area (Å²) in [6.45, 7) is 12.0. The summed E-state index contributed by atoms with van der Waals surface area (Å²) >= 11 is 12.9. The third-order valence-electron chi connectivity index (χ3n) is 2.86. The molecule has 0 saturated heterocycles. The van der Waals surface area contributed by atoms with Crippen molar-refractivity contribution < 1.29 is 14.3 Å². The number of benzene rings is 1. The molecule has 0 unspecified atom stereocenters. The predicted octanol–water partition coefficient (Wildman–Crippen LogP) is 5.18. The molecule has 1 aromatic carbocycles. The van der Waals surface area contributed by atoms with Crippen LogP contribution in [0.25, 0.3) is 0 Å². The molecule has 6 heteroatoms. The summed E-state index contributed by atoms with van der Waals surface area (Å²) < 4.78 is 5.11. The van der Waals surface area contributed by atoms with Gasteiger partial charge in [0.25, 0.3) is 0 Å². The van der Waals surface area contributed by atoms with Crippen LogP contribution < -0.4 is 4.52 Å². The quantitative estimate of drug-likeness (QED) is 0.730. The molecule has 0 aromatic heterocycles. The van der Waals surface area contributed by atoms with Gasteiger partial charge in [-0.15, -0.1) is 0 Å². The van der Waals surface area contributed by atoms with E-state index in [2.05, 4.69) is 0 Å². The summed E-state index contributed by atoms with van der Waals surface area (Å²) in [4.78, 5) is 18.2. The van der Waals surface area contributed by atoms with Gasteiger partial charge in [0.15, 0.2) is 0 Å². The van der Waals surface area contributed by atoms with E-state index in [1.54, 1.807) is 6.07 Å². The first-order chi connectivity index (χ1) is 8.85. The van der Waals surface area contributed by atoms with Crippen LogP contribution in [0.1, 0.15) is 52.7 Å². The van der Waals surface area contributed by atoms with E-state index in [1.807, 2.05) is 41.5 Å². The van der Waals surface area contributed by atoms with Crippen molar-refractivity contribution in [3.8, 4) is 5.75 Å². The van der Waals surface area contributed by atoms with Crippen molar-refractivity contribution >= 4 is 31.8 Å². The summed E-state index contributed by atoms with van der Waals surface area (Å²) in [5, 5.41) is 0.978. The molecule has 0 atom stereocenters. The molecule has 2 N–H and O–H groups in total. The van der Waals surface area contributed by atoms with Gasteiger partial charge in [0.2, 0.25) is 0 Å². The first kappa shape index (κ1) is 18.0. The SMILES string of the molecule is CC(C)(C)c1c(Cl)cc(OP(O)O)c(C(C)(C)C)c1Cl. The van der Waals surface area contributed by atoms with Gasteiger partial charge in [-0.1, -0.05) is 64.7 Å². The standard InChI is InChI=1S/C14H21Cl2O3P/c1-13(2,3)10-8(15)7-9(19-20(17)18)11(12(10)16)14(4,5)6/h7,17-18H,1-6H3. The fourth-order valence-electron chi connectivity index (χ4n) is 2.14. The van der Waals surface area contributed by atoms with E-state index >= 15 is 0 Å². The normalized spacial score (nSPS) is 12.9. The highest BCUT2D eigenvalue weighted by Crippen LogP contribution is 2.48. The molecule has 0 radical (unpaired) electrons. The van der Waals surface area contributed by atoms with Crippen LogP contribution in [-0.2, 0) is 10.8 Å². The van der Waals surface area contributed by atoms with Gasteiger partial charge in [0.1, 0.15) is 5.75 Å². The highest BCUT2D eigenvalue weighted by Gasteiger charge is 2.31. The smallest absolute Gasteiger partial charge is 0.391 e. The molecule has 0 bridgehead atoms. The van der Waals surface area contributed by atoms with Crippen LogP contribution in [0.2, 0.25) is 10.0 Å². The van der Waals surface area contributed by atoms with E-state index < -0.39 is 8.60 Å². The molecule has 0 amide bonds. The molecular formula is C14H21Cl2O3P. The molecule has 0 heterocycles. The van der Waals surface area contributed by atoms with E-state index in [4.69, 9.17) is 37.5 Å². The Bertz CT molecular complexity index is 503. The minimum atomic E-state index is -2.52. The Morgan fingerprint density at radius 3 is 1.75 bits per heavy atom. The molecule has 0 fully saturated rings. The van der Waals surface area contributed by atoms with Gasteiger partial charge < -0.3 is 14.3 Å². The number of hydrogen-bond acceptors (Lipinski definition) is 3. The maximum Gasteiger partial charge on any atom is 0.391 e. The van der Waals surface area contributed by atoms with Crippen LogP contribution in [0.3, 0.4) is 0 Å². The maximum absolute atomic E-state index is 9.12. The maximum atomic E-state index is 9.12. The second-order valence-corrected chi connectivity index (χ2v) is 8.24. The zero-order valence-electron chi connectivity index (χ0n) is 12.6. The molecule has 3 nitrogen and oxygen atoms in total. The van der Waals surface area contributed by atoms with Gasteiger partial charge in [-0.2, -0.15) is 0 Å². The number of rotatable bonds is 2. The molecule has 20 heavy (non-hydrogen) atoms. The van der Waals surface area contributed by atoms with Gasteiger partial charge in [-0.25, -0.2) is 0 Å². The largest absolute Gasteiger partial charge is 0.427 e. The fraction of sp³-hybridized carbons (Fsp3) is 0.571. The Kier molecular flexibility index (Phi) is 5.38. The zero-order valence-corrected chi connectivity index (χ0v) is 15.0. The Morgan fingerprint density at radius 1 is 0.950 bits per heavy atom. The minimum Gasteiger partial charge on any atom is -0.427 e. The first-order valence-corrected chi connectivity index (χ1v) is 8.16. The minimum absolute atomic E-state index is 0.226.